The Morgan fingerprint density at radius 3 is 2.36 bits per heavy atom. The maximum absolute atomic E-state index is 13.4. The van der Waals surface area contributed by atoms with Crippen molar-refractivity contribution in [3.63, 3.8) is 0 Å². The smallest absolute Gasteiger partial charge is 0.335 e. The fourth-order valence-corrected chi connectivity index (χ4v) is 4.96. The molecule has 1 aliphatic heterocycles. The summed E-state index contributed by atoms with van der Waals surface area (Å²) in [4.78, 5) is 26.9. The highest BCUT2D eigenvalue weighted by atomic mass is 35.5. The highest BCUT2D eigenvalue weighted by molar-refractivity contribution is 6.31. The number of halogens is 1. The van der Waals surface area contributed by atoms with Crippen molar-refractivity contribution in [2.24, 2.45) is 11.8 Å². The van der Waals surface area contributed by atoms with Crippen molar-refractivity contribution in [1.82, 2.24) is 4.90 Å². The molecule has 1 amide bonds. The molecule has 2 N–H and O–H groups in total. The van der Waals surface area contributed by atoms with Crippen LogP contribution in [0.4, 0.5) is 0 Å². The Labute approximate surface area is 198 Å². The van der Waals surface area contributed by atoms with Crippen LogP contribution in [0.15, 0.2) is 30.3 Å². The molecule has 0 radical (unpaired) electrons. The van der Waals surface area contributed by atoms with E-state index < -0.39 is 11.9 Å². The van der Waals surface area contributed by atoms with E-state index in [4.69, 9.17) is 21.1 Å². The highest BCUT2D eigenvalue weighted by Crippen LogP contribution is 2.45. The normalized spacial score (nSPS) is 19.1. The van der Waals surface area contributed by atoms with Crippen molar-refractivity contribution >= 4 is 23.5 Å². The molecule has 2 aromatic carbocycles. The second kappa shape index (κ2) is 10.3. The van der Waals surface area contributed by atoms with Gasteiger partial charge in [0.2, 0.25) is 5.91 Å². The van der Waals surface area contributed by atoms with E-state index in [1.807, 2.05) is 4.90 Å². The molecule has 1 saturated heterocycles. The van der Waals surface area contributed by atoms with Crippen molar-refractivity contribution in [2.75, 3.05) is 27.3 Å². The molecule has 3 atom stereocenters. The Hall–Kier alpha value is -2.93. The number of phenolic OH excluding ortho intramolecular Hbond substituents is 1. The number of phenols is 1. The number of carbonyl (C=O) groups excluding carboxylic acids is 1. The summed E-state index contributed by atoms with van der Waals surface area (Å²) in [6.07, 6.45) is 1.06. The van der Waals surface area contributed by atoms with Crippen LogP contribution in [0, 0.1) is 11.8 Å². The first-order chi connectivity index (χ1) is 15.6. The van der Waals surface area contributed by atoms with Crippen LogP contribution in [0.2, 0.25) is 5.02 Å². The van der Waals surface area contributed by atoms with Gasteiger partial charge in [-0.25, -0.2) is 4.79 Å². The number of piperidine rings is 1. The molecule has 7 nitrogen and oxygen atoms in total. The summed E-state index contributed by atoms with van der Waals surface area (Å²) in [6.45, 7) is 5.56. The van der Waals surface area contributed by atoms with Crippen LogP contribution in [-0.4, -0.2) is 54.3 Å². The number of methoxy groups -OCH3 is 2. The minimum atomic E-state index is -1.11. The number of hydrogen-bond acceptors (Lipinski definition) is 5. The SMILES string of the molecule is COc1cc(O)c(C(CC(=O)N2CC(C)CC(C)C2)c2cc(C(=O)O)ccc2Cl)c(OC)c1. The number of amides is 1. The number of nitrogens with zero attached hydrogens (tertiary/aromatic N) is 1. The zero-order chi connectivity index (χ0) is 24.3. The molecule has 2 aromatic rings. The first kappa shape index (κ1) is 24.7. The number of carbonyl (C=O) groups is 2. The lowest BCUT2D eigenvalue weighted by Gasteiger charge is -2.36. The van der Waals surface area contributed by atoms with E-state index in [0.717, 1.165) is 6.42 Å². The van der Waals surface area contributed by atoms with Gasteiger partial charge in [0, 0.05) is 48.1 Å². The summed E-state index contributed by atoms with van der Waals surface area (Å²) in [5.41, 5.74) is 0.829. The number of benzene rings is 2. The largest absolute Gasteiger partial charge is 0.507 e. The first-order valence-electron chi connectivity index (χ1n) is 10.9. The Bertz CT molecular complexity index is 1030. The van der Waals surface area contributed by atoms with Crippen molar-refractivity contribution in [1.29, 1.82) is 0 Å². The number of rotatable bonds is 7. The molecule has 33 heavy (non-hydrogen) atoms. The second-order valence-electron chi connectivity index (χ2n) is 8.81. The number of carboxylic acid groups (broad SMARTS) is 1. The predicted octanol–water partition coefficient (Wildman–Crippen LogP) is 4.79. The third kappa shape index (κ3) is 5.53. The molecule has 1 aliphatic rings. The zero-order valence-electron chi connectivity index (χ0n) is 19.3. The summed E-state index contributed by atoms with van der Waals surface area (Å²) in [5, 5.41) is 20.7. The molecule has 0 aliphatic carbocycles. The molecule has 8 heteroatoms. The Morgan fingerprint density at radius 2 is 1.79 bits per heavy atom. The van der Waals surface area contributed by atoms with Crippen LogP contribution in [0.3, 0.4) is 0 Å². The fraction of sp³-hybridized carbons (Fsp3) is 0.440. The molecule has 0 bridgehead atoms. The zero-order valence-corrected chi connectivity index (χ0v) is 20.1. The summed E-state index contributed by atoms with van der Waals surface area (Å²) >= 11 is 6.50. The molecule has 0 spiro atoms. The third-order valence-electron chi connectivity index (χ3n) is 6.12. The van der Waals surface area contributed by atoms with Crippen LogP contribution in [0.25, 0.3) is 0 Å². The topological polar surface area (TPSA) is 96.3 Å². The van der Waals surface area contributed by atoms with Crippen molar-refractivity contribution in [3.05, 3.63) is 52.0 Å². The van der Waals surface area contributed by atoms with Gasteiger partial charge in [0.1, 0.15) is 17.2 Å². The van der Waals surface area contributed by atoms with Gasteiger partial charge >= 0.3 is 5.97 Å². The van der Waals surface area contributed by atoms with Gasteiger partial charge in [-0.2, -0.15) is 0 Å². The Balaban J connectivity index is 2.12. The van der Waals surface area contributed by atoms with E-state index in [2.05, 4.69) is 13.8 Å². The second-order valence-corrected chi connectivity index (χ2v) is 9.21. The molecular weight excluding hydrogens is 446 g/mol. The van der Waals surface area contributed by atoms with Crippen molar-refractivity contribution in [3.8, 4) is 17.2 Å². The van der Waals surface area contributed by atoms with Gasteiger partial charge in [-0.05, 0) is 42.0 Å². The summed E-state index contributed by atoms with van der Waals surface area (Å²) in [5.74, 6) is -0.559. The lowest BCUT2D eigenvalue weighted by atomic mass is 9.85. The third-order valence-corrected chi connectivity index (χ3v) is 6.46. The van der Waals surface area contributed by atoms with Gasteiger partial charge in [-0.15, -0.1) is 0 Å². The predicted molar refractivity (Wildman–Crippen MR) is 126 cm³/mol. The maximum Gasteiger partial charge on any atom is 0.335 e. The quantitative estimate of drug-likeness (QED) is 0.597. The van der Waals surface area contributed by atoms with Gasteiger partial charge in [0.15, 0.2) is 0 Å². The average Bonchev–Trinajstić information content (AvgIpc) is 2.76. The lowest BCUT2D eigenvalue weighted by molar-refractivity contribution is -0.134. The van der Waals surface area contributed by atoms with Crippen LogP contribution in [0.5, 0.6) is 17.2 Å². The van der Waals surface area contributed by atoms with Gasteiger partial charge in [0.05, 0.1) is 19.8 Å². The van der Waals surface area contributed by atoms with E-state index in [1.54, 1.807) is 6.07 Å². The van der Waals surface area contributed by atoms with Gasteiger partial charge in [-0.3, -0.25) is 4.79 Å². The molecule has 0 aromatic heterocycles. The molecule has 178 valence electrons. The molecule has 3 unspecified atom stereocenters. The van der Waals surface area contributed by atoms with Gasteiger partial charge in [0.25, 0.3) is 0 Å². The van der Waals surface area contributed by atoms with Crippen LogP contribution >= 0.6 is 11.6 Å². The van der Waals surface area contributed by atoms with Crippen molar-refractivity contribution in [2.45, 2.75) is 32.6 Å². The summed E-state index contributed by atoms with van der Waals surface area (Å²) < 4.78 is 10.8. The van der Waals surface area contributed by atoms with Gasteiger partial charge < -0.3 is 24.6 Å². The van der Waals surface area contributed by atoms with Gasteiger partial charge in [-0.1, -0.05) is 25.4 Å². The average molecular weight is 476 g/mol. The number of hydrogen-bond donors (Lipinski definition) is 2. The van der Waals surface area contributed by atoms with Crippen LogP contribution < -0.4 is 9.47 Å². The highest BCUT2D eigenvalue weighted by Gasteiger charge is 2.32. The Morgan fingerprint density at radius 1 is 1.12 bits per heavy atom. The van der Waals surface area contributed by atoms with E-state index in [1.165, 1.54) is 38.5 Å². The first-order valence-corrected chi connectivity index (χ1v) is 11.3. The number of carboxylic acids is 1. The number of aromatic hydroxyl groups is 1. The van der Waals surface area contributed by atoms with Crippen LogP contribution in [0.1, 0.15) is 54.1 Å². The van der Waals surface area contributed by atoms with E-state index in [-0.39, 0.29) is 23.6 Å². The van der Waals surface area contributed by atoms with Crippen molar-refractivity contribution < 1.29 is 29.3 Å². The minimum Gasteiger partial charge on any atom is -0.507 e. The molecule has 1 heterocycles. The monoisotopic (exact) mass is 475 g/mol. The minimum absolute atomic E-state index is 0.00151. The number of ether oxygens (including phenoxy) is 2. The molecule has 0 saturated carbocycles. The standard InChI is InChI=1S/C25H30ClNO6/c1-14-7-15(2)13-27(12-14)23(29)11-19(18-8-16(25(30)31)5-6-20(18)26)24-21(28)9-17(32-3)10-22(24)33-4/h5-6,8-10,14-15,19,28H,7,11-13H2,1-4H3,(H,30,31). The molecular formula is C25H30ClNO6. The van der Waals surface area contributed by atoms with Crippen LogP contribution in [-0.2, 0) is 4.79 Å². The number of likely N-dealkylation sites (tertiary alicyclic amines) is 1. The Kier molecular flexibility index (Phi) is 7.74. The van der Waals surface area contributed by atoms with E-state index >= 15 is 0 Å². The van der Waals surface area contributed by atoms with E-state index in [0.29, 0.717) is 52.6 Å². The molecule has 3 rings (SSSR count). The summed E-state index contributed by atoms with van der Waals surface area (Å²) in [7, 11) is 2.93. The lowest BCUT2D eigenvalue weighted by Crippen LogP contribution is -2.43. The van der Waals surface area contributed by atoms with E-state index in [9.17, 15) is 19.8 Å². The fourth-order valence-electron chi connectivity index (χ4n) is 4.71. The number of aromatic carboxylic acids is 1. The maximum atomic E-state index is 13.4. The molecule has 1 fully saturated rings. The summed E-state index contributed by atoms with van der Waals surface area (Å²) in [6, 6.07) is 7.41.